The summed E-state index contributed by atoms with van der Waals surface area (Å²) in [5, 5.41) is 0. The molecule has 0 aromatic heterocycles. The number of amides is 1. The molecule has 1 amide bonds. The van der Waals surface area contributed by atoms with Crippen molar-refractivity contribution in [3.63, 3.8) is 0 Å². The van der Waals surface area contributed by atoms with Gasteiger partial charge in [-0.25, -0.2) is 0 Å². The minimum absolute atomic E-state index is 0.0349. The summed E-state index contributed by atoms with van der Waals surface area (Å²) in [6, 6.07) is 8.05. The van der Waals surface area contributed by atoms with E-state index in [0.717, 1.165) is 17.5 Å². The van der Waals surface area contributed by atoms with Gasteiger partial charge in [-0.3, -0.25) is 4.79 Å². The molecular weight excluding hydrogens is 228 g/mol. The van der Waals surface area contributed by atoms with Crippen molar-refractivity contribution in [1.29, 1.82) is 0 Å². The monoisotopic (exact) mass is 248 g/mol. The molecule has 0 saturated carbocycles. The molecule has 1 atom stereocenters. The molecule has 1 aliphatic heterocycles. The Balaban J connectivity index is 1.97. The van der Waals surface area contributed by atoms with Gasteiger partial charge in [0.25, 0.3) is 0 Å². The van der Waals surface area contributed by atoms with Gasteiger partial charge in [0.15, 0.2) is 0 Å². The third-order valence-electron chi connectivity index (χ3n) is 3.30. The summed E-state index contributed by atoms with van der Waals surface area (Å²) in [6.07, 6.45) is 0.839. The smallest absolute Gasteiger partial charge is 0.228 e. The van der Waals surface area contributed by atoms with Crippen molar-refractivity contribution in [3.05, 3.63) is 35.4 Å². The molecule has 1 heterocycles. The Morgan fingerprint density at radius 1 is 1.50 bits per heavy atom. The van der Waals surface area contributed by atoms with Gasteiger partial charge in [0, 0.05) is 26.7 Å². The van der Waals surface area contributed by atoms with Gasteiger partial charge < -0.3 is 15.4 Å². The number of hydrogen-bond acceptors (Lipinski definition) is 3. The van der Waals surface area contributed by atoms with Crippen LogP contribution in [0.15, 0.2) is 24.3 Å². The number of nitrogens with two attached hydrogens (primary N) is 1. The molecule has 4 nitrogen and oxygen atoms in total. The van der Waals surface area contributed by atoms with Gasteiger partial charge in [-0.15, -0.1) is 0 Å². The van der Waals surface area contributed by atoms with Crippen molar-refractivity contribution in [2.45, 2.75) is 19.5 Å². The SMILES string of the molecule is CN(Cc1cccc(CN)c1)C(=O)C1CCOC1. The van der Waals surface area contributed by atoms with E-state index in [0.29, 0.717) is 26.3 Å². The molecule has 1 saturated heterocycles. The van der Waals surface area contributed by atoms with Gasteiger partial charge >= 0.3 is 0 Å². The molecule has 1 aromatic rings. The van der Waals surface area contributed by atoms with Crippen LogP contribution in [0.5, 0.6) is 0 Å². The summed E-state index contributed by atoms with van der Waals surface area (Å²) in [5.74, 6) is 0.207. The first-order chi connectivity index (χ1) is 8.70. The Hall–Kier alpha value is -1.39. The molecule has 2 rings (SSSR count). The molecule has 0 radical (unpaired) electrons. The number of rotatable bonds is 4. The molecule has 0 aliphatic carbocycles. The lowest BCUT2D eigenvalue weighted by molar-refractivity contribution is -0.134. The van der Waals surface area contributed by atoms with Crippen LogP contribution < -0.4 is 5.73 Å². The fourth-order valence-electron chi connectivity index (χ4n) is 2.25. The van der Waals surface area contributed by atoms with E-state index < -0.39 is 0 Å². The Morgan fingerprint density at radius 3 is 2.94 bits per heavy atom. The van der Waals surface area contributed by atoms with E-state index in [4.69, 9.17) is 10.5 Å². The van der Waals surface area contributed by atoms with Crippen LogP contribution in [0.4, 0.5) is 0 Å². The highest BCUT2D eigenvalue weighted by Gasteiger charge is 2.26. The second kappa shape index (κ2) is 5.98. The third kappa shape index (κ3) is 3.09. The normalized spacial score (nSPS) is 18.9. The largest absolute Gasteiger partial charge is 0.381 e. The van der Waals surface area contributed by atoms with Crippen molar-refractivity contribution in [3.8, 4) is 0 Å². The van der Waals surface area contributed by atoms with E-state index in [2.05, 4.69) is 6.07 Å². The third-order valence-corrected chi connectivity index (χ3v) is 3.30. The van der Waals surface area contributed by atoms with Crippen LogP contribution >= 0.6 is 0 Å². The highest BCUT2D eigenvalue weighted by molar-refractivity contribution is 5.78. The van der Waals surface area contributed by atoms with E-state index in [1.165, 1.54) is 0 Å². The van der Waals surface area contributed by atoms with E-state index in [1.54, 1.807) is 4.90 Å². The standard InChI is InChI=1S/C14H20N2O2/c1-16(14(17)13-5-6-18-10-13)9-12-4-2-3-11(7-12)8-15/h2-4,7,13H,5-6,8-10,15H2,1H3. The average molecular weight is 248 g/mol. The maximum atomic E-state index is 12.1. The summed E-state index contributed by atoms with van der Waals surface area (Å²) >= 11 is 0. The number of carbonyl (C=O) groups is 1. The second-order valence-electron chi connectivity index (χ2n) is 4.78. The molecule has 1 unspecified atom stereocenters. The summed E-state index contributed by atoms with van der Waals surface area (Å²) in [5.41, 5.74) is 7.83. The summed E-state index contributed by atoms with van der Waals surface area (Å²) in [6.45, 7) is 2.42. The Kier molecular flexibility index (Phi) is 4.33. The van der Waals surface area contributed by atoms with Crippen LogP contribution in [0.2, 0.25) is 0 Å². The Bertz CT molecular complexity index is 414. The predicted molar refractivity (Wildman–Crippen MR) is 69.7 cm³/mol. The lowest BCUT2D eigenvalue weighted by atomic mass is 10.1. The van der Waals surface area contributed by atoms with Crippen molar-refractivity contribution < 1.29 is 9.53 Å². The molecule has 0 bridgehead atoms. The second-order valence-corrected chi connectivity index (χ2v) is 4.78. The zero-order valence-electron chi connectivity index (χ0n) is 10.8. The summed E-state index contributed by atoms with van der Waals surface area (Å²) < 4.78 is 5.25. The first-order valence-electron chi connectivity index (χ1n) is 6.31. The number of nitrogens with zero attached hydrogens (tertiary/aromatic N) is 1. The fourth-order valence-corrected chi connectivity index (χ4v) is 2.25. The van der Waals surface area contributed by atoms with Gasteiger partial charge in [0.1, 0.15) is 0 Å². The zero-order valence-corrected chi connectivity index (χ0v) is 10.8. The van der Waals surface area contributed by atoms with Gasteiger partial charge in [0.2, 0.25) is 5.91 Å². The lowest BCUT2D eigenvalue weighted by Crippen LogP contribution is -2.32. The average Bonchev–Trinajstić information content (AvgIpc) is 2.92. The highest BCUT2D eigenvalue weighted by atomic mass is 16.5. The Labute approximate surface area is 108 Å². The summed E-state index contributed by atoms with van der Waals surface area (Å²) in [4.78, 5) is 13.9. The Morgan fingerprint density at radius 2 is 2.28 bits per heavy atom. The number of benzene rings is 1. The molecular formula is C14H20N2O2. The first-order valence-corrected chi connectivity index (χ1v) is 6.31. The van der Waals surface area contributed by atoms with Crippen molar-refractivity contribution in [2.24, 2.45) is 11.7 Å². The molecule has 1 aliphatic rings. The van der Waals surface area contributed by atoms with Crippen molar-refractivity contribution in [2.75, 3.05) is 20.3 Å². The number of carbonyl (C=O) groups excluding carboxylic acids is 1. The van der Waals surface area contributed by atoms with Gasteiger partial charge in [-0.05, 0) is 17.5 Å². The number of hydrogen-bond donors (Lipinski definition) is 1. The fraction of sp³-hybridized carbons (Fsp3) is 0.500. The molecule has 18 heavy (non-hydrogen) atoms. The van der Waals surface area contributed by atoms with Gasteiger partial charge in [-0.1, -0.05) is 24.3 Å². The topological polar surface area (TPSA) is 55.6 Å². The minimum Gasteiger partial charge on any atom is -0.381 e. The van der Waals surface area contributed by atoms with Gasteiger partial charge in [0.05, 0.1) is 12.5 Å². The maximum absolute atomic E-state index is 12.1. The van der Waals surface area contributed by atoms with Crippen LogP contribution in [0.3, 0.4) is 0 Å². The highest BCUT2D eigenvalue weighted by Crippen LogP contribution is 2.16. The predicted octanol–water partition coefficient (Wildman–Crippen LogP) is 1.14. The van der Waals surface area contributed by atoms with E-state index >= 15 is 0 Å². The molecule has 98 valence electrons. The van der Waals surface area contributed by atoms with E-state index in [-0.39, 0.29) is 11.8 Å². The van der Waals surface area contributed by atoms with Crippen molar-refractivity contribution >= 4 is 5.91 Å². The number of ether oxygens (including phenoxy) is 1. The minimum atomic E-state index is 0.0349. The van der Waals surface area contributed by atoms with Crippen LogP contribution in [0, 0.1) is 5.92 Å². The van der Waals surface area contributed by atoms with Crippen molar-refractivity contribution in [1.82, 2.24) is 4.90 Å². The van der Waals surface area contributed by atoms with E-state index in [1.807, 2.05) is 25.2 Å². The zero-order chi connectivity index (χ0) is 13.0. The van der Waals surface area contributed by atoms with Gasteiger partial charge in [-0.2, -0.15) is 0 Å². The lowest BCUT2D eigenvalue weighted by Gasteiger charge is -2.20. The van der Waals surface area contributed by atoms with Crippen LogP contribution in [-0.4, -0.2) is 31.1 Å². The van der Waals surface area contributed by atoms with Crippen LogP contribution in [-0.2, 0) is 22.6 Å². The van der Waals surface area contributed by atoms with Crippen LogP contribution in [0.1, 0.15) is 17.5 Å². The van der Waals surface area contributed by atoms with E-state index in [9.17, 15) is 4.79 Å². The quantitative estimate of drug-likeness (QED) is 0.869. The first kappa shape index (κ1) is 13.1. The molecule has 4 heteroatoms. The molecule has 1 fully saturated rings. The maximum Gasteiger partial charge on any atom is 0.228 e. The molecule has 1 aromatic carbocycles. The molecule has 2 N–H and O–H groups in total. The summed E-state index contributed by atoms with van der Waals surface area (Å²) in [7, 11) is 1.84. The van der Waals surface area contributed by atoms with Crippen LogP contribution in [0.25, 0.3) is 0 Å². The molecule has 0 spiro atoms.